The van der Waals surface area contributed by atoms with Crippen LogP contribution in [0.4, 0.5) is 0 Å². The molecule has 1 rings (SSSR count). The molecule has 0 amide bonds. The third-order valence-electron chi connectivity index (χ3n) is 1.75. The van der Waals surface area contributed by atoms with E-state index in [1.165, 1.54) is 18.2 Å². The van der Waals surface area contributed by atoms with Crippen molar-refractivity contribution in [1.29, 1.82) is 5.26 Å². The SMILES string of the molecule is Cc1cc(O)ccc1C(=O)CC#N. The highest BCUT2D eigenvalue weighted by Gasteiger charge is 2.08. The molecule has 1 aromatic carbocycles. The average molecular weight is 175 g/mol. The molecule has 3 nitrogen and oxygen atoms in total. The van der Waals surface area contributed by atoms with Gasteiger partial charge in [0.05, 0.1) is 12.5 Å². The fourth-order valence-electron chi connectivity index (χ4n) is 1.13. The number of Topliss-reactive ketones (excluding diaryl/α,β-unsaturated/α-hetero) is 1. The maximum absolute atomic E-state index is 11.3. The van der Waals surface area contributed by atoms with E-state index in [1.54, 1.807) is 13.0 Å². The second-order valence-corrected chi connectivity index (χ2v) is 2.76. The molecule has 0 aliphatic carbocycles. The maximum Gasteiger partial charge on any atom is 0.177 e. The minimum atomic E-state index is -0.208. The molecule has 13 heavy (non-hydrogen) atoms. The molecule has 0 bridgehead atoms. The number of phenols is 1. The number of ketones is 1. The van der Waals surface area contributed by atoms with Crippen molar-refractivity contribution in [3.8, 4) is 11.8 Å². The Morgan fingerprint density at radius 1 is 1.62 bits per heavy atom. The first-order chi connectivity index (χ1) is 6.15. The molecule has 3 heteroatoms. The topological polar surface area (TPSA) is 61.1 Å². The highest BCUT2D eigenvalue weighted by Crippen LogP contribution is 2.16. The number of aryl methyl sites for hydroxylation is 1. The summed E-state index contributed by atoms with van der Waals surface area (Å²) < 4.78 is 0. The van der Waals surface area contributed by atoms with Crippen LogP contribution in [0, 0.1) is 18.3 Å². The van der Waals surface area contributed by atoms with Crippen molar-refractivity contribution in [2.75, 3.05) is 0 Å². The predicted molar refractivity (Wildman–Crippen MR) is 47.4 cm³/mol. The van der Waals surface area contributed by atoms with Gasteiger partial charge in [0.1, 0.15) is 5.75 Å². The van der Waals surface area contributed by atoms with Crippen molar-refractivity contribution in [3.05, 3.63) is 29.3 Å². The van der Waals surface area contributed by atoms with E-state index in [0.29, 0.717) is 11.1 Å². The molecule has 0 aromatic heterocycles. The molecular formula is C10H9NO2. The number of hydrogen-bond donors (Lipinski definition) is 1. The number of phenolic OH excluding ortho intramolecular Hbond substituents is 1. The summed E-state index contributed by atoms with van der Waals surface area (Å²) in [6.45, 7) is 1.73. The molecule has 0 saturated heterocycles. The van der Waals surface area contributed by atoms with E-state index in [-0.39, 0.29) is 18.0 Å². The number of carbonyl (C=O) groups is 1. The van der Waals surface area contributed by atoms with Crippen molar-refractivity contribution in [2.24, 2.45) is 0 Å². The first-order valence-corrected chi connectivity index (χ1v) is 3.85. The van der Waals surface area contributed by atoms with E-state index in [9.17, 15) is 4.79 Å². The lowest BCUT2D eigenvalue weighted by Crippen LogP contribution is -1.99. The number of aromatic hydroxyl groups is 1. The van der Waals surface area contributed by atoms with Gasteiger partial charge in [0, 0.05) is 5.56 Å². The summed E-state index contributed by atoms with van der Waals surface area (Å²) in [4.78, 5) is 11.3. The van der Waals surface area contributed by atoms with E-state index < -0.39 is 0 Å². The Morgan fingerprint density at radius 3 is 2.85 bits per heavy atom. The summed E-state index contributed by atoms with van der Waals surface area (Å²) in [7, 11) is 0. The molecule has 0 unspecified atom stereocenters. The van der Waals surface area contributed by atoms with E-state index >= 15 is 0 Å². The number of hydrogen-bond acceptors (Lipinski definition) is 3. The Bertz CT molecular complexity index is 377. The molecule has 0 saturated carbocycles. The quantitative estimate of drug-likeness (QED) is 0.697. The van der Waals surface area contributed by atoms with Crippen LogP contribution in [0.1, 0.15) is 22.3 Å². The standard InChI is InChI=1S/C10H9NO2/c1-7-6-8(12)2-3-9(7)10(13)4-5-11/h2-3,6,12H,4H2,1H3. The Morgan fingerprint density at radius 2 is 2.31 bits per heavy atom. The fraction of sp³-hybridized carbons (Fsp3) is 0.200. The van der Waals surface area contributed by atoms with E-state index in [0.717, 1.165) is 0 Å². The minimum Gasteiger partial charge on any atom is -0.508 e. The second-order valence-electron chi connectivity index (χ2n) is 2.76. The van der Waals surface area contributed by atoms with Gasteiger partial charge >= 0.3 is 0 Å². The number of rotatable bonds is 2. The summed E-state index contributed by atoms with van der Waals surface area (Å²) in [5.41, 5.74) is 1.19. The maximum atomic E-state index is 11.3. The summed E-state index contributed by atoms with van der Waals surface area (Å²) in [5, 5.41) is 17.4. The van der Waals surface area contributed by atoms with Gasteiger partial charge in [-0.05, 0) is 30.7 Å². The molecule has 0 aliphatic heterocycles. The van der Waals surface area contributed by atoms with Crippen LogP contribution in [0.3, 0.4) is 0 Å². The summed E-state index contributed by atoms with van der Waals surface area (Å²) >= 11 is 0. The van der Waals surface area contributed by atoms with Crippen LogP contribution in [0.15, 0.2) is 18.2 Å². The van der Waals surface area contributed by atoms with Crippen molar-refractivity contribution in [1.82, 2.24) is 0 Å². The lowest BCUT2D eigenvalue weighted by Gasteiger charge is -2.01. The summed E-state index contributed by atoms with van der Waals surface area (Å²) in [5.74, 6) is -0.0778. The largest absolute Gasteiger partial charge is 0.508 e. The number of benzene rings is 1. The molecule has 0 aliphatic rings. The average Bonchev–Trinajstić information content (AvgIpc) is 2.04. The van der Waals surface area contributed by atoms with Crippen LogP contribution in [0.25, 0.3) is 0 Å². The van der Waals surface area contributed by atoms with Crippen LogP contribution in [-0.4, -0.2) is 10.9 Å². The molecular weight excluding hydrogens is 166 g/mol. The molecule has 0 atom stereocenters. The molecule has 0 radical (unpaired) electrons. The van der Waals surface area contributed by atoms with Gasteiger partial charge in [-0.2, -0.15) is 5.26 Å². The molecule has 1 aromatic rings. The first kappa shape index (κ1) is 9.27. The third-order valence-corrected chi connectivity index (χ3v) is 1.75. The highest BCUT2D eigenvalue weighted by atomic mass is 16.3. The van der Waals surface area contributed by atoms with Crippen LogP contribution in [0.5, 0.6) is 5.75 Å². The normalized spacial score (nSPS) is 9.23. The summed E-state index contributed by atoms with van der Waals surface area (Å²) in [6, 6.07) is 6.27. The van der Waals surface area contributed by atoms with E-state index in [2.05, 4.69) is 0 Å². The lowest BCUT2D eigenvalue weighted by atomic mass is 10.0. The van der Waals surface area contributed by atoms with Crippen LogP contribution < -0.4 is 0 Å². The van der Waals surface area contributed by atoms with Crippen molar-refractivity contribution >= 4 is 5.78 Å². The van der Waals surface area contributed by atoms with Gasteiger partial charge < -0.3 is 5.11 Å². The van der Waals surface area contributed by atoms with E-state index in [1.807, 2.05) is 0 Å². The zero-order valence-electron chi connectivity index (χ0n) is 7.24. The predicted octanol–water partition coefficient (Wildman–Crippen LogP) is 1.80. The van der Waals surface area contributed by atoms with Gasteiger partial charge in [-0.25, -0.2) is 0 Å². The second kappa shape index (κ2) is 3.72. The fourth-order valence-corrected chi connectivity index (χ4v) is 1.13. The van der Waals surface area contributed by atoms with Gasteiger partial charge in [-0.1, -0.05) is 0 Å². The van der Waals surface area contributed by atoms with Crippen molar-refractivity contribution < 1.29 is 9.90 Å². The lowest BCUT2D eigenvalue weighted by molar-refractivity contribution is 0.0997. The van der Waals surface area contributed by atoms with Crippen molar-refractivity contribution in [3.63, 3.8) is 0 Å². The van der Waals surface area contributed by atoms with Crippen LogP contribution in [0.2, 0.25) is 0 Å². The van der Waals surface area contributed by atoms with Gasteiger partial charge in [0.2, 0.25) is 0 Å². The zero-order chi connectivity index (χ0) is 9.84. The van der Waals surface area contributed by atoms with Crippen LogP contribution in [-0.2, 0) is 0 Å². The molecule has 0 heterocycles. The van der Waals surface area contributed by atoms with Gasteiger partial charge in [0.15, 0.2) is 5.78 Å². The van der Waals surface area contributed by atoms with Gasteiger partial charge in [-0.15, -0.1) is 0 Å². The number of carbonyl (C=O) groups excluding carboxylic acids is 1. The minimum absolute atomic E-state index is 0.119. The Balaban J connectivity index is 3.03. The number of nitrogens with zero attached hydrogens (tertiary/aromatic N) is 1. The third kappa shape index (κ3) is 2.06. The highest BCUT2D eigenvalue weighted by molar-refractivity contribution is 5.98. The first-order valence-electron chi connectivity index (χ1n) is 3.85. The van der Waals surface area contributed by atoms with Gasteiger partial charge in [-0.3, -0.25) is 4.79 Å². The number of nitriles is 1. The summed E-state index contributed by atoms with van der Waals surface area (Å²) in [6.07, 6.45) is -0.119. The molecule has 0 spiro atoms. The Labute approximate surface area is 76.2 Å². The Kier molecular flexibility index (Phi) is 2.65. The monoisotopic (exact) mass is 175 g/mol. The molecule has 0 fully saturated rings. The van der Waals surface area contributed by atoms with Crippen LogP contribution >= 0.6 is 0 Å². The van der Waals surface area contributed by atoms with Crippen molar-refractivity contribution in [2.45, 2.75) is 13.3 Å². The van der Waals surface area contributed by atoms with Gasteiger partial charge in [0.25, 0.3) is 0 Å². The van der Waals surface area contributed by atoms with E-state index in [4.69, 9.17) is 10.4 Å². The Hall–Kier alpha value is -1.82. The zero-order valence-corrected chi connectivity index (χ0v) is 7.24. The smallest absolute Gasteiger partial charge is 0.177 e. The molecule has 66 valence electrons. The molecule has 1 N–H and O–H groups in total.